The topological polar surface area (TPSA) is 179 Å². The van der Waals surface area contributed by atoms with Crippen molar-refractivity contribution in [2.24, 2.45) is 11.8 Å². The van der Waals surface area contributed by atoms with Crippen LogP contribution >= 0.6 is 0 Å². The zero-order valence-corrected chi connectivity index (χ0v) is 33.8. The molecule has 0 aliphatic carbocycles. The number of nitrogens with one attached hydrogen (secondary N) is 4. The zero-order valence-electron chi connectivity index (χ0n) is 33.8. The number of likely N-dealkylation sites (tertiary alicyclic amines) is 2. The predicted octanol–water partition coefficient (Wildman–Crippen LogP) is 6.83. The number of carbonyl (C=O) groups is 4. The molecule has 14 heteroatoms. The highest BCUT2D eigenvalue weighted by molar-refractivity contribution is 5.92. The maximum atomic E-state index is 13.6. The van der Waals surface area contributed by atoms with Crippen LogP contribution in [0.2, 0.25) is 0 Å². The number of ether oxygens (including phenoxy) is 2. The van der Waals surface area contributed by atoms with Gasteiger partial charge in [0, 0.05) is 41.3 Å². The van der Waals surface area contributed by atoms with Gasteiger partial charge in [-0.25, -0.2) is 14.6 Å². The summed E-state index contributed by atoms with van der Waals surface area (Å²) in [5.41, 5.74) is 4.88. The maximum Gasteiger partial charge on any atom is 0.407 e. The molecule has 2 aliphatic rings. The molecule has 5 aromatic rings. The van der Waals surface area contributed by atoms with Crippen molar-refractivity contribution in [2.75, 3.05) is 27.3 Å². The number of aromatic amines is 2. The highest BCUT2D eigenvalue weighted by Gasteiger charge is 2.38. The normalized spacial score (nSPS) is 17.9. The Hall–Kier alpha value is -6.18. The molecule has 4 N–H and O–H groups in total. The molecule has 58 heavy (non-hydrogen) atoms. The second-order valence-electron chi connectivity index (χ2n) is 15.9. The average molecular weight is 790 g/mol. The van der Waals surface area contributed by atoms with Gasteiger partial charge in [-0.15, -0.1) is 0 Å². The zero-order chi connectivity index (χ0) is 41.2. The largest absolute Gasteiger partial charge is 0.453 e. The van der Waals surface area contributed by atoms with Gasteiger partial charge in [-0.1, -0.05) is 58.0 Å². The van der Waals surface area contributed by atoms with Crippen LogP contribution in [0.25, 0.3) is 44.1 Å². The number of hydrogen-bond donors (Lipinski definition) is 4. The van der Waals surface area contributed by atoms with Gasteiger partial charge in [0.05, 0.1) is 38.2 Å². The predicted molar refractivity (Wildman–Crippen MR) is 221 cm³/mol. The van der Waals surface area contributed by atoms with Crippen molar-refractivity contribution in [3.63, 3.8) is 0 Å². The summed E-state index contributed by atoms with van der Waals surface area (Å²) in [7, 11) is 2.55. The Morgan fingerprint density at radius 1 is 0.707 bits per heavy atom. The Labute approximate surface area is 336 Å². The van der Waals surface area contributed by atoms with Crippen LogP contribution in [0.1, 0.15) is 77.0 Å². The number of amides is 4. The van der Waals surface area contributed by atoms with Crippen molar-refractivity contribution >= 4 is 45.7 Å². The minimum absolute atomic E-state index is 0.119. The third-order valence-corrected chi connectivity index (χ3v) is 11.5. The number of methoxy groups -OCH3 is 2. The molecule has 2 fully saturated rings. The number of carbonyl (C=O) groups excluding carboxylic acids is 4. The van der Waals surface area contributed by atoms with E-state index in [9.17, 15) is 24.0 Å². The second kappa shape index (κ2) is 16.7. The van der Waals surface area contributed by atoms with Gasteiger partial charge >= 0.3 is 12.2 Å². The van der Waals surface area contributed by atoms with Crippen LogP contribution in [-0.4, -0.2) is 88.1 Å². The van der Waals surface area contributed by atoms with E-state index < -0.39 is 24.3 Å². The molecule has 14 nitrogen and oxygen atoms in total. The summed E-state index contributed by atoms with van der Waals surface area (Å²) in [5.74, 6) is 0.0805. The fourth-order valence-corrected chi connectivity index (χ4v) is 8.30. The standard InChI is InChI=1S/C44H51N7O7/c1-24(2)38(48-43(55)57-5)41(53)50-17-7-9-35(50)33-22-37(52)31-21-29(15-16-32(31)46-33)27-11-12-28-20-30(14-13-26(28)19-27)34-23-45-40(47-34)36-10-8-18-51(36)42(54)39(25(3)4)49-44(56)58-6/h11-16,19-25,35-36,38-39H,7-10,17-18H2,1-6H3,(H,45,47)(H,46,52)(H,48,55)(H,49,56)/t35?,36-,38-,39-/m0/s1. The van der Waals surface area contributed by atoms with E-state index in [1.807, 2.05) is 58.0 Å². The number of pyridine rings is 1. The summed E-state index contributed by atoms with van der Waals surface area (Å²) in [5, 5.41) is 7.98. The van der Waals surface area contributed by atoms with Crippen molar-refractivity contribution < 1.29 is 28.7 Å². The van der Waals surface area contributed by atoms with Crippen LogP contribution in [0.4, 0.5) is 9.59 Å². The van der Waals surface area contributed by atoms with Gasteiger partial charge in [0.25, 0.3) is 0 Å². The highest BCUT2D eigenvalue weighted by Crippen LogP contribution is 2.35. The van der Waals surface area contributed by atoms with Crippen LogP contribution in [-0.2, 0) is 19.1 Å². The van der Waals surface area contributed by atoms with E-state index in [4.69, 9.17) is 14.5 Å². The Morgan fingerprint density at radius 2 is 1.24 bits per heavy atom. The molecule has 7 rings (SSSR count). The number of nitrogens with zero attached hydrogens (tertiary/aromatic N) is 3. The van der Waals surface area contributed by atoms with Crippen LogP contribution < -0.4 is 16.1 Å². The van der Waals surface area contributed by atoms with Gasteiger partial charge in [-0.05, 0) is 83.7 Å². The quantitative estimate of drug-likeness (QED) is 0.119. The lowest BCUT2D eigenvalue weighted by atomic mass is 9.98. The third-order valence-electron chi connectivity index (χ3n) is 11.5. The summed E-state index contributed by atoms with van der Waals surface area (Å²) in [6.07, 6.45) is 3.58. The van der Waals surface area contributed by atoms with Gasteiger partial charge in [0.15, 0.2) is 5.43 Å². The van der Waals surface area contributed by atoms with Crippen molar-refractivity contribution in [1.29, 1.82) is 0 Å². The molecule has 4 atom stereocenters. The highest BCUT2D eigenvalue weighted by atomic mass is 16.5. The second-order valence-corrected chi connectivity index (χ2v) is 15.9. The molecule has 2 aliphatic heterocycles. The number of benzene rings is 3. The number of alkyl carbamates (subject to hydrolysis) is 2. The number of hydrogen-bond acceptors (Lipinski definition) is 8. The van der Waals surface area contributed by atoms with Gasteiger partial charge in [-0.2, -0.15) is 0 Å². The fraction of sp³-hybridized carbons (Fsp3) is 0.409. The molecule has 3 aromatic carbocycles. The molecular weight excluding hydrogens is 739 g/mol. The van der Waals surface area contributed by atoms with Crippen LogP contribution in [0.5, 0.6) is 0 Å². The molecule has 0 saturated carbocycles. The number of rotatable bonds is 10. The minimum atomic E-state index is -0.746. The Morgan fingerprint density at radius 3 is 1.84 bits per heavy atom. The smallest absolute Gasteiger partial charge is 0.407 e. The third kappa shape index (κ3) is 8.00. The van der Waals surface area contributed by atoms with E-state index in [2.05, 4.69) is 44.9 Å². The van der Waals surface area contributed by atoms with E-state index in [1.54, 1.807) is 22.1 Å². The van der Waals surface area contributed by atoms with Gasteiger partial charge in [-0.3, -0.25) is 14.4 Å². The average Bonchev–Trinajstić information content (AvgIpc) is 4.02. The molecule has 0 bridgehead atoms. The molecular formula is C44H51N7O7. The van der Waals surface area contributed by atoms with Gasteiger partial charge in [0.1, 0.15) is 17.9 Å². The summed E-state index contributed by atoms with van der Waals surface area (Å²) in [4.78, 5) is 80.0. The molecule has 1 unspecified atom stereocenters. The van der Waals surface area contributed by atoms with Crippen LogP contribution in [0, 0.1) is 11.8 Å². The van der Waals surface area contributed by atoms with Crippen LogP contribution in [0.15, 0.2) is 71.7 Å². The first kappa shape index (κ1) is 40.0. The first-order valence-electron chi connectivity index (χ1n) is 19.9. The SMILES string of the molecule is COC(=O)N[C@H](C(=O)N1CCCC1c1cc(=O)c2cc(-c3ccc4cc(-c5cnc([C@@H]6CCCN6C(=O)[C@@H](NC(=O)OC)C(C)C)[nH]5)ccc4c3)ccc2[nH]1)C(C)C. The van der Waals surface area contributed by atoms with Gasteiger partial charge in [0.2, 0.25) is 11.8 Å². The van der Waals surface area contributed by atoms with Crippen molar-refractivity contribution in [2.45, 2.75) is 77.5 Å². The molecule has 2 saturated heterocycles. The van der Waals surface area contributed by atoms with E-state index in [0.717, 1.165) is 52.4 Å². The van der Waals surface area contributed by atoms with E-state index in [0.29, 0.717) is 41.9 Å². The Balaban J connectivity index is 1.08. The first-order chi connectivity index (χ1) is 27.9. The number of H-pyrrole nitrogens is 2. The number of fused-ring (bicyclic) bond motifs is 2. The lowest BCUT2D eigenvalue weighted by Gasteiger charge is -2.31. The summed E-state index contributed by atoms with van der Waals surface area (Å²) >= 11 is 0. The summed E-state index contributed by atoms with van der Waals surface area (Å²) < 4.78 is 9.52. The van der Waals surface area contributed by atoms with Gasteiger partial charge < -0.3 is 39.9 Å². The summed E-state index contributed by atoms with van der Waals surface area (Å²) in [6.45, 7) is 8.64. The fourth-order valence-electron chi connectivity index (χ4n) is 8.30. The van der Waals surface area contributed by atoms with Crippen LogP contribution in [0.3, 0.4) is 0 Å². The van der Waals surface area contributed by atoms with Crippen molar-refractivity contribution in [1.82, 2.24) is 35.4 Å². The van der Waals surface area contributed by atoms with E-state index in [-0.39, 0.29) is 41.2 Å². The molecule has 2 aromatic heterocycles. The molecule has 4 amide bonds. The van der Waals surface area contributed by atoms with E-state index in [1.165, 1.54) is 14.2 Å². The maximum absolute atomic E-state index is 13.6. The lowest BCUT2D eigenvalue weighted by molar-refractivity contribution is -0.136. The van der Waals surface area contributed by atoms with Crippen molar-refractivity contribution in [3.8, 4) is 22.4 Å². The van der Waals surface area contributed by atoms with E-state index >= 15 is 0 Å². The first-order valence-corrected chi connectivity index (χ1v) is 19.9. The minimum Gasteiger partial charge on any atom is -0.453 e. The lowest BCUT2D eigenvalue weighted by Crippen LogP contribution is -2.51. The molecule has 4 heterocycles. The summed E-state index contributed by atoms with van der Waals surface area (Å²) in [6, 6.07) is 17.8. The Kier molecular flexibility index (Phi) is 11.6. The number of aromatic nitrogens is 3. The number of imidazole rings is 1. The molecule has 0 radical (unpaired) electrons. The molecule has 0 spiro atoms. The molecule has 304 valence electrons. The van der Waals surface area contributed by atoms with Crippen molar-refractivity contribution in [3.05, 3.63) is 88.6 Å². The Bertz CT molecular complexity index is 2420. The monoisotopic (exact) mass is 789 g/mol.